The first-order chi connectivity index (χ1) is 5.37. The van der Waals surface area contributed by atoms with E-state index in [1.54, 1.807) is 0 Å². The van der Waals surface area contributed by atoms with E-state index in [-0.39, 0.29) is 0 Å². The van der Waals surface area contributed by atoms with Crippen LogP contribution in [-0.4, -0.2) is 24.9 Å². The van der Waals surface area contributed by atoms with Crippen LogP contribution in [0.25, 0.3) is 0 Å². The third kappa shape index (κ3) is 2.60. The van der Waals surface area contributed by atoms with Gasteiger partial charge in [-0.15, -0.1) is 0 Å². The third-order valence-corrected chi connectivity index (χ3v) is 1.45. The van der Waals surface area contributed by atoms with Gasteiger partial charge in [-0.1, -0.05) is 0 Å². The fourth-order valence-corrected chi connectivity index (χ4v) is 0.728. The zero-order valence-corrected chi connectivity index (χ0v) is 6.49. The highest BCUT2D eigenvalue weighted by Crippen LogP contribution is 2.38. The van der Waals surface area contributed by atoms with Gasteiger partial charge in [0.25, 0.3) is 0 Å². The van der Waals surface area contributed by atoms with Gasteiger partial charge >= 0.3 is 11.8 Å². The van der Waals surface area contributed by atoms with Crippen LogP contribution in [0.15, 0.2) is 0 Å². The molecule has 0 rings (SSSR count). The van der Waals surface area contributed by atoms with E-state index in [9.17, 15) is 17.6 Å². The number of alkyl halides is 4. The number of nitrogens with two attached hydrogens (primary N) is 2. The van der Waals surface area contributed by atoms with Crippen LogP contribution >= 0.6 is 0 Å². The van der Waals surface area contributed by atoms with Crippen molar-refractivity contribution < 1.29 is 17.6 Å². The van der Waals surface area contributed by atoms with Gasteiger partial charge < -0.3 is 11.5 Å². The number of hydrogen-bond donors (Lipinski definition) is 2. The number of hydrogen-bond acceptors (Lipinski definition) is 2. The van der Waals surface area contributed by atoms with Gasteiger partial charge in [-0.25, -0.2) is 0 Å². The number of halogens is 4. The molecule has 6 heteroatoms. The fourth-order valence-electron chi connectivity index (χ4n) is 0.728. The minimum Gasteiger partial charge on any atom is -0.330 e. The Morgan fingerprint density at radius 1 is 0.750 bits per heavy atom. The minimum atomic E-state index is -4.04. The molecule has 0 aromatic carbocycles. The van der Waals surface area contributed by atoms with Crippen molar-refractivity contribution in [2.75, 3.05) is 13.1 Å². The van der Waals surface area contributed by atoms with E-state index in [0.717, 1.165) is 0 Å². The molecule has 0 aliphatic heterocycles. The van der Waals surface area contributed by atoms with Crippen molar-refractivity contribution in [1.29, 1.82) is 0 Å². The summed E-state index contributed by atoms with van der Waals surface area (Å²) >= 11 is 0. The van der Waals surface area contributed by atoms with Gasteiger partial charge in [-0.2, -0.15) is 17.6 Å². The molecule has 2 nitrogen and oxygen atoms in total. The van der Waals surface area contributed by atoms with Gasteiger partial charge in [0, 0.05) is 12.8 Å². The monoisotopic (exact) mass is 188 g/mol. The molecule has 0 radical (unpaired) electrons. The van der Waals surface area contributed by atoms with Crippen molar-refractivity contribution in [2.24, 2.45) is 11.5 Å². The summed E-state index contributed by atoms with van der Waals surface area (Å²) in [5, 5.41) is 0. The standard InChI is InChI=1S/C6H12F4N2/c7-5(8,1-3-11)6(9,10)2-4-12/h1-4,11-12H2. The van der Waals surface area contributed by atoms with E-state index in [2.05, 4.69) is 0 Å². The Bertz CT molecular complexity index is 122. The molecule has 0 atom stereocenters. The van der Waals surface area contributed by atoms with E-state index in [1.165, 1.54) is 0 Å². The normalized spacial score (nSPS) is 13.5. The van der Waals surface area contributed by atoms with Gasteiger partial charge in [0.15, 0.2) is 0 Å². The summed E-state index contributed by atoms with van der Waals surface area (Å²) < 4.78 is 50.0. The van der Waals surface area contributed by atoms with Gasteiger partial charge in [0.1, 0.15) is 0 Å². The van der Waals surface area contributed by atoms with Crippen molar-refractivity contribution in [2.45, 2.75) is 24.7 Å². The third-order valence-electron chi connectivity index (χ3n) is 1.45. The SMILES string of the molecule is NCCC(F)(F)C(F)(F)CCN. The average Bonchev–Trinajstić information content (AvgIpc) is 1.86. The molecule has 0 bridgehead atoms. The lowest BCUT2D eigenvalue weighted by Crippen LogP contribution is -2.43. The van der Waals surface area contributed by atoms with Crippen molar-refractivity contribution in [3.05, 3.63) is 0 Å². The Balaban J connectivity index is 4.28. The Hall–Kier alpha value is -0.360. The lowest BCUT2D eigenvalue weighted by molar-refractivity contribution is -0.212. The van der Waals surface area contributed by atoms with Crippen LogP contribution in [0.3, 0.4) is 0 Å². The maximum atomic E-state index is 12.5. The first-order valence-electron chi connectivity index (χ1n) is 3.53. The van der Waals surface area contributed by atoms with Gasteiger partial charge in [0.2, 0.25) is 0 Å². The van der Waals surface area contributed by atoms with E-state index in [1.807, 2.05) is 0 Å². The van der Waals surface area contributed by atoms with Crippen LogP contribution in [0.2, 0.25) is 0 Å². The summed E-state index contributed by atoms with van der Waals surface area (Å²) in [6.07, 6.45) is -2.03. The molecule has 4 N–H and O–H groups in total. The zero-order valence-electron chi connectivity index (χ0n) is 6.49. The predicted molar refractivity (Wildman–Crippen MR) is 37.2 cm³/mol. The minimum absolute atomic E-state index is 0.465. The molecule has 0 aliphatic rings. The molecule has 0 fully saturated rings. The summed E-state index contributed by atoms with van der Waals surface area (Å²) in [7, 11) is 0. The summed E-state index contributed by atoms with van der Waals surface area (Å²) in [4.78, 5) is 0. The van der Waals surface area contributed by atoms with Crippen LogP contribution in [0, 0.1) is 0 Å². The van der Waals surface area contributed by atoms with E-state index in [0.29, 0.717) is 0 Å². The zero-order chi connectivity index (χ0) is 9.83. The first-order valence-corrected chi connectivity index (χ1v) is 3.53. The smallest absolute Gasteiger partial charge is 0.311 e. The average molecular weight is 188 g/mol. The Kier molecular flexibility index (Phi) is 3.92. The molecule has 0 aromatic heterocycles. The molecular formula is C6H12F4N2. The van der Waals surface area contributed by atoms with Crippen molar-refractivity contribution >= 4 is 0 Å². The summed E-state index contributed by atoms with van der Waals surface area (Å²) in [5.41, 5.74) is 9.53. The molecule has 74 valence electrons. The lowest BCUT2D eigenvalue weighted by atomic mass is 10.1. The van der Waals surface area contributed by atoms with Crippen molar-refractivity contribution in [1.82, 2.24) is 0 Å². The maximum absolute atomic E-state index is 12.5. The van der Waals surface area contributed by atoms with Gasteiger partial charge in [-0.3, -0.25) is 0 Å². The highest BCUT2D eigenvalue weighted by Gasteiger charge is 2.54. The Morgan fingerprint density at radius 3 is 1.17 bits per heavy atom. The van der Waals surface area contributed by atoms with Crippen LogP contribution in [0.4, 0.5) is 17.6 Å². The van der Waals surface area contributed by atoms with Crippen LogP contribution in [0.1, 0.15) is 12.8 Å². The van der Waals surface area contributed by atoms with Crippen LogP contribution in [-0.2, 0) is 0 Å². The molecule has 0 aromatic rings. The Labute approximate surface area is 67.9 Å². The molecule has 0 saturated carbocycles. The van der Waals surface area contributed by atoms with Crippen molar-refractivity contribution in [3.8, 4) is 0 Å². The highest BCUT2D eigenvalue weighted by atomic mass is 19.3. The summed E-state index contributed by atoms with van der Waals surface area (Å²) in [5.74, 6) is -8.08. The maximum Gasteiger partial charge on any atom is 0.311 e. The second-order valence-electron chi connectivity index (χ2n) is 2.49. The van der Waals surface area contributed by atoms with E-state index < -0.39 is 37.8 Å². The quantitative estimate of drug-likeness (QED) is 0.631. The second-order valence-corrected chi connectivity index (χ2v) is 2.49. The van der Waals surface area contributed by atoms with Crippen LogP contribution in [0.5, 0.6) is 0 Å². The van der Waals surface area contributed by atoms with Gasteiger partial charge in [0.05, 0.1) is 0 Å². The molecule has 0 heterocycles. The fraction of sp³-hybridized carbons (Fsp3) is 1.00. The first kappa shape index (κ1) is 11.6. The second kappa shape index (κ2) is 4.04. The molecule has 0 unspecified atom stereocenters. The molecule has 0 spiro atoms. The highest BCUT2D eigenvalue weighted by molar-refractivity contribution is 4.84. The summed E-state index contributed by atoms with van der Waals surface area (Å²) in [6, 6.07) is 0. The van der Waals surface area contributed by atoms with E-state index >= 15 is 0 Å². The molecule has 12 heavy (non-hydrogen) atoms. The topological polar surface area (TPSA) is 52.0 Å². The van der Waals surface area contributed by atoms with Crippen LogP contribution < -0.4 is 11.5 Å². The molecule has 0 aliphatic carbocycles. The Morgan fingerprint density at radius 2 is 1.00 bits per heavy atom. The molecule has 0 saturated heterocycles. The van der Waals surface area contributed by atoms with Crippen molar-refractivity contribution in [3.63, 3.8) is 0 Å². The number of rotatable bonds is 5. The molecule has 0 amide bonds. The molecular weight excluding hydrogens is 176 g/mol. The lowest BCUT2D eigenvalue weighted by Gasteiger charge is -2.25. The van der Waals surface area contributed by atoms with Gasteiger partial charge in [-0.05, 0) is 13.1 Å². The van der Waals surface area contributed by atoms with E-state index in [4.69, 9.17) is 11.5 Å². The predicted octanol–water partition coefficient (Wildman–Crippen LogP) is 0.955. The largest absolute Gasteiger partial charge is 0.330 e. The summed E-state index contributed by atoms with van der Waals surface area (Å²) in [6.45, 7) is -0.930.